The molecule has 0 unspecified atom stereocenters. The molecule has 7 heteroatoms. The Balaban J connectivity index is 1.91. The van der Waals surface area contributed by atoms with Gasteiger partial charge in [-0.1, -0.05) is 6.07 Å². The predicted octanol–water partition coefficient (Wildman–Crippen LogP) is 2.65. The number of rotatable bonds is 5. The van der Waals surface area contributed by atoms with Crippen LogP contribution < -0.4 is 5.32 Å². The van der Waals surface area contributed by atoms with Crippen molar-refractivity contribution in [2.75, 3.05) is 11.1 Å². The Bertz CT molecular complexity index is 662. The largest absolute Gasteiger partial charge is 0.477 e. The third-order valence-electron chi connectivity index (χ3n) is 2.42. The number of amides is 1. The summed E-state index contributed by atoms with van der Waals surface area (Å²) in [6.45, 7) is 0. The van der Waals surface area contributed by atoms with E-state index in [1.807, 2.05) is 0 Å². The maximum absolute atomic E-state index is 12.7. The van der Waals surface area contributed by atoms with Gasteiger partial charge in [0.15, 0.2) is 5.69 Å². The topological polar surface area (TPSA) is 79.3 Å². The number of carboxylic acids is 1. The molecular weight excluding hydrogens is 295 g/mol. The van der Waals surface area contributed by atoms with Crippen LogP contribution in [0.2, 0.25) is 0 Å². The maximum atomic E-state index is 12.7. The molecule has 0 atom stereocenters. The Morgan fingerprint density at radius 2 is 1.90 bits per heavy atom. The number of aromatic nitrogens is 1. The lowest BCUT2D eigenvalue weighted by molar-refractivity contribution is -0.113. The van der Waals surface area contributed by atoms with Gasteiger partial charge in [-0.15, -0.1) is 11.8 Å². The summed E-state index contributed by atoms with van der Waals surface area (Å²) < 4.78 is 12.7. The van der Waals surface area contributed by atoms with Crippen LogP contribution in [0.3, 0.4) is 0 Å². The lowest BCUT2D eigenvalue weighted by Gasteiger charge is -2.05. The van der Waals surface area contributed by atoms with Crippen molar-refractivity contribution in [2.45, 2.75) is 4.90 Å². The molecule has 2 rings (SSSR count). The third-order valence-corrected chi connectivity index (χ3v) is 3.43. The monoisotopic (exact) mass is 306 g/mol. The normalized spacial score (nSPS) is 10.1. The summed E-state index contributed by atoms with van der Waals surface area (Å²) in [6, 6.07) is 10.1. The van der Waals surface area contributed by atoms with Crippen LogP contribution in [-0.4, -0.2) is 27.7 Å². The third kappa shape index (κ3) is 4.57. The second-order valence-electron chi connectivity index (χ2n) is 4.00. The van der Waals surface area contributed by atoms with E-state index in [0.717, 1.165) is 4.90 Å². The molecule has 1 aromatic heterocycles. The predicted molar refractivity (Wildman–Crippen MR) is 77.0 cm³/mol. The van der Waals surface area contributed by atoms with Crippen LogP contribution in [0.4, 0.5) is 10.2 Å². The summed E-state index contributed by atoms with van der Waals surface area (Å²) in [5.74, 6) is -1.52. The van der Waals surface area contributed by atoms with Crippen LogP contribution >= 0.6 is 11.8 Å². The van der Waals surface area contributed by atoms with Crippen LogP contribution in [-0.2, 0) is 4.79 Å². The molecule has 0 aliphatic rings. The van der Waals surface area contributed by atoms with Crippen molar-refractivity contribution in [3.05, 3.63) is 54.0 Å². The molecule has 1 heterocycles. The summed E-state index contributed by atoms with van der Waals surface area (Å²) in [5.41, 5.74) is -0.140. The number of hydrogen-bond donors (Lipinski definition) is 2. The average molecular weight is 306 g/mol. The van der Waals surface area contributed by atoms with E-state index in [2.05, 4.69) is 10.3 Å². The molecule has 5 nitrogen and oxygen atoms in total. The first-order valence-electron chi connectivity index (χ1n) is 5.93. The number of nitrogens with zero attached hydrogens (tertiary/aromatic N) is 1. The Morgan fingerprint density at radius 3 is 2.57 bits per heavy atom. The number of carboxylic acid groups (broad SMARTS) is 1. The van der Waals surface area contributed by atoms with Crippen molar-refractivity contribution in [2.24, 2.45) is 0 Å². The molecule has 0 spiro atoms. The Hall–Kier alpha value is -2.41. The number of carbonyl (C=O) groups is 2. The number of benzene rings is 1. The highest BCUT2D eigenvalue weighted by atomic mass is 32.2. The fraction of sp³-hybridized carbons (Fsp3) is 0.0714. The smallest absolute Gasteiger partial charge is 0.354 e. The molecule has 0 radical (unpaired) electrons. The molecule has 0 saturated carbocycles. The molecule has 2 aromatic rings. The van der Waals surface area contributed by atoms with Gasteiger partial charge in [0.05, 0.1) is 5.75 Å². The Labute approximate surface area is 124 Å². The highest BCUT2D eigenvalue weighted by Gasteiger charge is 2.08. The van der Waals surface area contributed by atoms with Gasteiger partial charge in [-0.25, -0.2) is 14.2 Å². The number of hydrogen-bond acceptors (Lipinski definition) is 4. The zero-order valence-electron chi connectivity index (χ0n) is 10.7. The summed E-state index contributed by atoms with van der Waals surface area (Å²) in [7, 11) is 0. The fourth-order valence-electron chi connectivity index (χ4n) is 1.48. The van der Waals surface area contributed by atoms with Gasteiger partial charge in [0, 0.05) is 4.90 Å². The van der Waals surface area contributed by atoms with Gasteiger partial charge in [-0.2, -0.15) is 0 Å². The molecule has 1 amide bonds. The number of thioether (sulfide) groups is 1. The maximum Gasteiger partial charge on any atom is 0.354 e. The van der Waals surface area contributed by atoms with Crippen LogP contribution in [0.15, 0.2) is 47.4 Å². The van der Waals surface area contributed by atoms with E-state index in [1.165, 1.54) is 42.1 Å². The van der Waals surface area contributed by atoms with Crippen molar-refractivity contribution in [1.82, 2.24) is 4.98 Å². The zero-order chi connectivity index (χ0) is 15.2. The lowest BCUT2D eigenvalue weighted by atomic mass is 10.3. The molecular formula is C14H11FN2O3S. The van der Waals surface area contributed by atoms with Gasteiger partial charge in [0.2, 0.25) is 5.91 Å². The Morgan fingerprint density at radius 1 is 1.19 bits per heavy atom. The van der Waals surface area contributed by atoms with Crippen LogP contribution in [0.1, 0.15) is 10.5 Å². The van der Waals surface area contributed by atoms with Crippen LogP contribution in [0.5, 0.6) is 0 Å². The van der Waals surface area contributed by atoms with E-state index in [-0.39, 0.29) is 29.0 Å². The number of carbonyl (C=O) groups excluding carboxylic acids is 1. The Kier molecular flexibility index (Phi) is 4.89. The number of aromatic carboxylic acids is 1. The second-order valence-corrected chi connectivity index (χ2v) is 5.05. The van der Waals surface area contributed by atoms with E-state index in [1.54, 1.807) is 12.1 Å². The van der Waals surface area contributed by atoms with Crippen molar-refractivity contribution in [3.63, 3.8) is 0 Å². The molecule has 0 bridgehead atoms. The first kappa shape index (κ1) is 15.0. The van der Waals surface area contributed by atoms with Crippen molar-refractivity contribution < 1.29 is 19.1 Å². The molecule has 0 aliphatic heterocycles. The van der Waals surface area contributed by atoms with Gasteiger partial charge < -0.3 is 10.4 Å². The molecule has 21 heavy (non-hydrogen) atoms. The van der Waals surface area contributed by atoms with Gasteiger partial charge in [-0.3, -0.25) is 4.79 Å². The molecule has 2 N–H and O–H groups in total. The van der Waals surface area contributed by atoms with Gasteiger partial charge in [-0.05, 0) is 36.4 Å². The highest BCUT2D eigenvalue weighted by Crippen LogP contribution is 2.18. The summed E-state index contributed by atoms with van der Waals surface area (Å²) in [5, 5.41) is 11.3. The van der Waals surface area contributed by atoms with Crippen molar-refractivity contribution >= 4 is 29.5 Å². The van der Waals surface area contributed by atoms with E-state index in [9.17, 15) is 14.0 Å². The molecule has 0 fully saturated rings. The second kappa shape index (κ2) is 6.85. The standard InChI is InChI=1S/C14H11FN2O3S/c15-9-4-6-10(7-5-9)21-8-13(18)17-12-3-1-2-11(16-12)14(19)20/h1-7H,8H2,(H,19,20)(H,16,17,18). The van der Waals surface area contributed by atoms with Crippen LogP contribution in [0, 0.1) is 5.82 Å². The van der Waals surface area contributed by atoms with Crippen molar-refractivity contribution in [3.8, 4) is 0 Å². The SMILES string of the molecule is O=C(CSc1ccc(F)cc1)Nc1cccc(C(=O)O)n1. The first-order chi connectivity index (χ1) is 10.0. The zero-order valence-corrected chi connectivity index (χ0v) is 11.6. The van der Waals surface area contributed by atoms with E-state index in [4.69, 9.17) is 5.11 Å². The van der Waals surface area contributed by atoms with E-state index >= 15 is 0 Å². The quantitative estimate of drug-likeness (QED) is 0.830. The minimum atomic E-state index is -1.16. The highest BCUT2D eigenvalue weighted by molar-refractivity contribution is 8.00. The summed E-state index contributed by atoms with van der Waals surface area (Å²) in [6.07, 6.45) is 0. The average Bonchev–Trinajstić information content (AvgIpc) is 2.47. The first-order valence-corrected chi connectivity index (χ1v) is 6.92. The molecule has 0 saturated heterocycles. The molecule has 1 aromatic carbocycles. The molecule has 108 valence electrons. The summed E-state index contributed by atoms with van der Waals surface area (Å²) >= 11 is 1.24. The van der Waals surface area contributed by atoms with E-state index < -0.39 is 5.97 Å². The number of pyridine rings is 1. The minimum absolute atomic E-state index is 0.116. The minimum Gasteiger partial charge on any atom is -0.477 e. The number of halogens is 1. The van der Waals surface area contributed by atoms with Crippen LogP contribution in [0.25, 0.3) is 0 Å². The number of anilines is 1. The van der Waals surface area contributed by atoms with Crippen molar-refractivity contribution in [1.29, 1.82) is 0 Å². The number of nitrogens with one attached hydrogen (secondary N) is 1. The lowest BCUT2D eigenvalue weighted by Crippen LogP contribution is -2.16. The van der Waals surface area contributed by atoms with Gasteiger partial charge in [0.1, 0.15) is 11.6 Å². The molecule has 0 aliphatic carbocycles. The fourth-order valence-corrected chi connectivity index (χ4v) is 2.18. The summed E-state index contributed by atoms with van der Waals surface area (Å²) in [4.78, 5) is 27.1. The van der Waals surface area contributed by atoms with E-state index in [0.29, 0.717) is 0 Å². The van der Waals surface area contributed by atoms with Gasteiger partial charge in [0.25, 0.3) is 0 Å². The van der Waals surface area contributed by atoms with Gasteiger partial charge >= 0.3 is 5.97 Å².